The molecule has 0 aliphatic rings. The number of carboxylic acid groups (broad SMARTS) is 1. The summed E-state index contributed by atoms with van der Waals surface area (Å²) < 4.78 is 17.7. The monoisotopic (exact) mass is 195 g/mol. The van der Waals surface area contributed by atoms with E-state index in [1.807, 2.05) is 0 Å². The minimum atomic E-state index is -1.21. The molecule has 0 spiro atoms. The van der Waals surface area contributed by atoms with Crippen LogP contribution >= 0.6 is 0 Å². The first-order valence-corrected chi connectivity index (χ1v) is 3.67. The Labute approximate surface area is 79.2 Å². The summed E-state index contributed by atoms with van der Waals surface area (Å²) in [6, 6.07) is 4.90. The van der Waals surface area contributed by atoms with Crippen LogP contribution in [0.2, 0.25) is 0 Å². The average Bonchev–Trinajstić information content (AvgIpc) is 2.15. The molecule has 1 rings (SSSR count). The van der Waals surface area contributed by atoms with Crippen LogP contribution in [0.4, 0.5) is 4.39 Å². The number of hydrogen-bond donors (Lipinski definition) is 1. The van der Waals surface area contributed by atoms with Crippen molar-refractivity contribution < 1.29 is 19.0 Å². The van der Waals surface area contributed by atoms with E-state index in [-0.39, 0.29) is 17.9 Å². The molecule has 0 radical (unpaired) electrons. The van der Waals surface area contributed by atoms with Crippen LogP contribution in [0.25, 0.3) is 0 Å². The van der Waals surface area contributed by atoms with E-state index >= 15 is 0 Å². The molecule has 1 N–H and O–H groups in total. The third-order valence-corrected chi connectivity index (χ3v) is 1.47. The van der Waals surface area contributed by atoms with E-state index in [4.69, 9.17) is 15.1 Å². The summed E-state index contributed by atoms with van der Waals surface area (Å²) in [6.07, 6.45) is 0. The molecule has 4 nitrogen and oxygen atoms in total. The fourth-order valence-electron chi connectivity index (χ4n) is 0.861. The number of nitriles is 1. The van der Waals surface area contributed by atoms with Crippen molar-refractivity contribution >= 4 is 5.97 Å². The van der Waals surface area contributed by atoms with E-state index in [0.29, 0.717) is 0 Å². The van der Waals surface area contributed by atoms with E-state index < -0.39 is 11.8 Å². The van der Waals surface area contributed by atoms with Crippen LogP contribution in [0.15, 0.2) is 18.2 Å². The SMILES string of the molecule is N#CCOc1ccc(C(=O)O)cc1F. The molecule has 0 heterocycles. The van der Waals surface area contributed by atoms with Crippen molar-refractivity contribution in [3.05, 3.63) is 29.6 Å². The second-order valence-corrected chi connectivity index (χ2v) is 2.40. The van der Waals surface area contributed by atoms with Gasteiger partial charge in [-0.05, 0) is 18.2 Å². The van der Waals surface area contributed by atoms with Crippen molar-refractivity contribution in [2.45, 2.75) is 0 Å². The van der Waals surface area contributed by atoms with Gasteiger partial charge in [-0.15, -0.1) is 0 Å². The molecular weight excluding hydrogens is 189 g/mol. The van der Waals surface area contributed by atoms with Gasteiger partial charge in [0.25, 0.3) is 0 Å². The molecule has 0 saturated carbocycles. The fourth-order valence-corrected chi connectivity index (χ4v) is 0.861. The maximum atomic E-state index is 13.0. The van der Waals surface area contributed by atoms with Crippen LogP contribution in [0.3, 0.4) is 0 Å². The Hall–Kier alpha value is -2.09. The smallest absolute Gasteiger partial charge is 0.335 e. The standard InChI is InChI=1S/C9H6FNO3/c10-7-5-6(9(12)13)1-2-8(7)14-4-3-11/h1-2,5H,4H2,(H,12,13). The van der Waals surface area contributed by atoms with Gasteiger partial charge in [-0.2, -0.15) is 5.26 Å². The van der Waals surface area contributed by atoms with E-state index in [9.17, 15) is 9.18 Å². The molecule has 1 aromatic rings. The lowest BCUT2D eigenvalue weighted by atomic mass is 10.2. The summed E-state index contributed by atoms with van der Waals surface area (Å²) in [5.74, 6) is -2.13. The van der Waals surface area contributed by atoms with E-state index in [1.165, 1.54) is 12.1 Å². The van der Waals surface area contributed by atoms with Crippen LogP contribution in [0.1, 0.15) is 10.4 Å². The molecule has 0 unspecified atom stereocenters. The highest BCUT2D eigenvalue weighted by Crippen LogP contribution is 2.18. The first-order chi connectivity index (χ1) is 6.65. The molecule has 0 aliphatic heterocycles. The molecule has 0 saturated heterocycles. The van der Waals surface area contributed by atoms with Crippen LogP contribution < -0.4 is 4.74 Å². The second-order valence-electron chi connectivity index (χ2n) is 2.40. The first kappa shape index (κ1) is 9.99. The fraction of sp³-hybridized carbons (Fsp3) is 0.111. The largest absolute Gasteiger partial charge is 0.478 e. The van der Waals surface area contributed by atoms with Crippen molar-refractivity contribution in [3.63, 3.8) is 0 Å². The van der Waals surface area contributed by atoms with Gasteiger partial charge in [0.05, 0.1) is 5.56 Å². The minimum Gasteiger partial charge on any atom is -0.478 e. The summed E-state index contributed by atoms with van der Waals surface area (Å²) in [6.45, 7) is -0.274. The summed E-state index contributed by atoms with van der Waals surface area (Å²) in [4.78, 5) is 10.4. The van der Waals surface area contributed by atoms with Gasteiger partial charge in [0.1, 0.15) is 6.07 Å². The molecule has 0 amide bonds. The van der Waals surface area contributed by atoms with Crippen LogP contribution in [-0.4, -0.2) is 17.7 Å². The molecule has 0 fully saturated rings. The van der Waals surface area contributed by atoms with E-state index in [1.54, 1.807) is 6.07 Å². The lowest BCUT2D eigenvalue weighted by molar-refractivity contribution is 0.0696. The Bertz CT molecular complexity index is 398. The predicted molar refractivity (Wildman–Crippen MR) is 44.5 cm³/mol. The highest BCUT2D eigenvalue weighted by Gasteiger charge is 2.08. The van der Waals surface area contributed by atoms with Crippen molar-refractivity contribution in [2.75, 3.05) is 6.61 Å². The van der Waals surface area contributed by atoms with Crippen LogP contribution in [0.5, 0.6) is 5.75 Å². The Balaban J connectivity index is 2.91. The molecule has 0 aromatic heterocycles. The zero-order valence-electron chi connectivity index (χ0n) is 7.03. The second kappa shape index (κ2) is 4.23. The summed E-state index contributed by atoms with van der Waals surface area (Å²) in [7, 11) is 0. The lowest BCUT2D eigenvalue weighted by Crippen LogP contribution is -2.00. The summed E-state index contributed by atoms with van der Waals surface area (Å²) >= 11 is 0. The number of nitrogens with zero attached hydrogens (tertiary/aromatic N) is 1. The van der Waals surface area contributed by atoms with Gasteiger partial charge < -0.3 is 9.84 Å². The Morgan fingerprint density at radius 3 is 2.86 bits per heavy atom. The molecule has 14 heavy (non-hydrogen) atoms. The maximum Gasteiger partial charge on any atom is 0.335 e. The van der Waals surface area contributed by atoms with Crippen molar-refractivity contribution in [2.24, 2.45) is 0 Å². The first-order valence-electron chi connectivity index (χ1n) is 3.67. The lowest BCUT2D eigenvalue weighted by Gasteiger charge is -2.03. The van der Waals surface area contributed by atoms with Crippen molar-refractivity contribution in [1.29, 1.82) is 5.26 Å². The van der Waals surface area contributed by atoms with Gasteiger partial charge in [0.2, 0.25) is 0 Å². The van der Waals surface area contributed by atoms with Gasteiger partial charge in [-0.1, -0.05) is 0 Å². The zero-order chi connectivity index (χ0) is 10.6. The van der Waals surface area contributed by atoms with E-state index in [2.05, 4.69) is 0 Å². The normalized spacial score (nSPS) is 9.14. The highest BCUT2D eigenvalue weighted by atomic mass is 19.1. The molecule has 1 aromatic carbocycles. The number of ether oxygens (including phenoxy) is 1. The number of hydrogen-bond acceptors (Lipinski definition) is 3. The van der Waals surface area contributed by atoms with Gasteiger partial charge in [-0.25, -0.2) is 9.18 Å². The molecule has 0 aliphatic carbocycles. The topological polar surface area (TPSA) is 70.3 Å². The summed E-state index contributed by atoms with van der Waals surface area (Å²) in [5, 5.41) is 16.7. The molecular formula is C9H6FNO3. The molecule has 72 valence electrons. The Morgan fingerprint density at radius 2 is 2.36 bits per heavy atom. The Morgan fingerprint density at radius 1 is 1.64 bits per heavy atom. The average molecular weight is 195 g/mol. The number of aromatic carboxylic acids is 1. The molecule has 0 atom stereocenters. The number of halogens is 1. The predicted octanol–water partition coefficient (Wildman–Crippen LogP) is 1.43. The van der Waals surface area contributed by atoms with Gasteiger partial charge in [0.15, 0.2) is 18.2 Å². The van der Waals surface area contributed by atoms with Crippen LogP contribution in [-0.2, 0) is 0 Å². The van der Waals surface area contributed by atoms with E-state index in [0.717, 1.165) is 6.07 Å². The van der Waals surface area contributed by atoms with Crippen molar-refractivity contribution in [3.8, 4) is 11.8 Å². The third kappa shape index (κ3) is 2.20. The van der Waals surface area contributed by atoms with Gasteiger partial charge in [0, 0.05) is 0 Å². The maximum absolute atomic E-state index is 13.0. The number of carboxylic acids is 1. The number of benzene rings is 1. The highest BCUT2D eigenvalue weighted by molar-refractivity contribution is 5.87. The quantitative estimate of drug-likeness (QED) is 0.791. The molecule has 5 heteroatoms. The summed E-state index contributed by atoms with van der Waals surface area (Å²) in [5.41, 5.74) is -0.160. The number of rotatable bonds is 3. The minimum absolute atomic E-state index is 0.128. The van der Waals surface area contributed by atoms with Gasteiger partial charge >= 0.3 is 5.97 Å². The third-order valence-electron chi connectivity index (χ3n) is 1.47. The van der Waals surface area contributed by atoms with Crippen molar-refractivity contribution in [1.82, 2.24) is 0 Å². The zero-order valence-corrected chi connectivity index (χ0v) is 7.03. The Kier molecular flexibility index (Phi) is 3.02. The van der Waals surface area contributed by atoms with Crippen LogP contribution in [0, 0.1) is 17.1 Å². The molecule has 0 bridgehead atoms. The van der Waals surface area contributed by atoms with Gasteiger partial charge in [-0.3, -0.25) is 0 Å². The number of carbonyl (C=O) groups is 1.